The highest BCUT2D eigenvalue weighted by Crippen LogP contribution is 2.46. The monoisotopic (exact) mass is 280 g/mol. The van der Waals surface area contributed by atoms with E-state index in [-0.39, 0.29) is 12.1 Å². The number of rotatable bonds is 2. The van der Waals surface area contributed by atoms with Crippen molar-refractivity contribution in [2.24, 2.45) is 0 Å². The standard InChI is InChI=1S/C14H17ClN2O2/c1-2-19-14(18)17-10-4-5-12(17)11(7-10)9-3-6-13(15)16-8-9/h3,6,8,10-12H,2,4-5,7H2,1H3/t10-,11+,12+/m0/s1. The van der Waals surface area contributed by atoms with Crippen LogP contribution >= 0.6 is 11.6 Å². The van der Waals surface area contributed by atoms with Gasteiger partial charge in [-0.2, -0.15) is 0 Å². The first kappa shape index (κ1) is 12.7. The first-order chi connectivity index (χ1) is 9.20. The van der Waals surface area contributed by atoms with Gasteiger partial charge in [0.2, 0.25) is 0 Å². The van der Waals surface area contributed by atoms with E-state index in [0.717, 1.165) is 19.3 Å². The van der Waals surface area contributed by atoms with Crippen LogP contribution in [0.1, 0.15) is 37.7 Å². The van der Waals surface area contributed by atoms with Crippen LogP contribution in [0.15, 0.2) is 18.3 Å². The van der Waals surface area contributed by atoms with Crippen LogP contribution in [0, 0.1) is 0 Å². The molecule has 1 amide bonds. The molecule has 3 heterocycles. The van der Waals surface area contributed by atoms with Crippen LogP contribution in [0.3, 0.4) is 0 Å². The Labute approximate surface area is 117 Å². The first-order valence-corrected chi connectivity index (χ1v) is 7.15. The van der Waals surface area contributed by atoms with Gasteiger partial charge in [0, 0.05) is 24.2 Å². The third-order valence-corrected chi connectivity index (χ3v) is 4.42. The number of aromatic nitrogens is 1. The summed E-state index contributed by atoms with van der Waals surface area (Å²) in [5.41, 5.74) is 1.17. The van der Waals surface area contributed by atoms with Crippen molar-refractivity contribution < 1.29 is 9.53 Å². The van der Waals surface area contributed by atoms with Crippen LogP contribution in [0.4, 0.5) is 4.79 Å². The molecule has 0 saturated carbocycles. The molecular weight excluding hydrogens is 264 g/mol. The van der Waals surface area contributed by atoms with Crippen molar-refractivity contribution in [3.63, 3.8) is 0 Å². The molecule has 3 atom stereocenters. The minimum Gasteiger partial charge on any atom is -0.450 e. The molecule has 2 aliphatic rings. The molecule has 1 aromatic rings. The van der Waals surface area contributed by atoms with E-state index in [2.05, 4.69) is 4.98 Å². The fourth-order valence-corrected chi connectivity index (χ4v) is 3.55. The normalized spacial score (nSPS) is 28.7. The maximum absolute atomic E-state index is 12.0. The summed E-state index contributed by atoms with van der Waals surface area (Å²) < 4.78 is 5.16. The third kappa shape index (κ3) is 2.18. The van der Waals surface area contributed by atoms with Crippen molar-refractivity contribution in [2.75, 3.05) is 6.61 Å². The SMILES string of the molecule is CCOC(=O)N1[C@H]2CC[C@@H]1[C@@H](c1ccc(Cl)nc1)C2. The highest BCUT2D eigenvalue weighted by molar-refractivity contribution is 6.29. The lowest BCUT2D eigenvalue weighted by molar-refractivity contribution is 0.101. The summed E-state index contributed by atoms with van der Waals surface area (Å²) in [6.07, 6.45) is 4.81. The second-order valence-corrected chi connectivity index (χ2v) is 5.55. The van der Waals surface area contributed by atoms with Gasteiger partial charge in [-0.1, -0.05) is 17.7 Å². The Kier molecular flexibility index (Phi) is 3.35. The fraction of sp³-hybridized carbons (Fsp3) is 0.571. The summed E-state index contributed by atoms with van der Waals surface area (Å²) in [5, 5.41) is 0.508. The largest absolute Gasteiger partial charge is 0.450 e. The van der Waals surface area contributed by atoms with Gasteiger partial charge in [0.25, 0.3) is 0 Å². The summed E-state index contributed by atoms with van der Waals surface area (Å²) in [5.74, 6) is 0.368. The molecule has 102 valence electrons. The van der Waals surface area contributed by atoms with Gasteiger partial charge in [-0.05, 0) is 37.8 Å². The number of pyridine rings is 1. The van der Waals surface area contributed by atoms with Crippen molar-refractivity contribution in [1.82, 2.24) is 9.88 Å². The van der Waals surface area contributed by atoms with Crippen LogP contribution in [0.25, 0.3) is 0 Å². The van der Waals surface area contributed by atoms with Gasteiger partial charge in [-0.3, -0.25) is 0 Å². The number of ether oxygens (including phenoxy) is 1. The average Bonchev–Trinajstić information content (AvgIpc) is 2.97. The predicted octanol–water partition coefficient (Wildman–Crippen LogP) is 3.21. The van der Waals surface area contributed by atoms with Gasteiger partial charge in [-0.15, -0.1) is 0 Å². The number of carbonyl (C=O) groups is 1. The van der Waals surface area contributed by atoms with E-state index in [1.54, 1.807) is 0 Å². The van der Waals surface area contributed by atoms with Crippen LogP contribution < -0.4 is 0 Å². The maximum atomic E-state index is 12.0. The molecule has 0 radical (unpaired) electrons. The first-order valence-electron chi connectivity index (χ1n) is 6.77. The van der Waals surface area contributed by atoms with Crippen LogP contribution in [-0.4, -0.2) is 34.7 Å². The summed E-state index contributed by atoms with van der Waals surface area (Å²) in [6.45, 7) is 2.28. The summed E-state index contributed by atoms with van der Waals surface area (Å²) >= 11 is 5.82. The quantitative estimate of drug-likeness (QED) is 0.781. The van der Waals surface area contributed by atoms with Gasteiger partial charge >= 0.3 is 6.09 Å². The number of hydrogen-bond donors (Lipinski definition) is 0. The Hall–Kier alpha value is -1.29. The van der Waals surface area contributed by atoms with Gasteiger partial charge in [0.15, 0.2) is 0 Å². The lowest BCUT2D eigenvalue weighted by Gasteiger charge is -2.23. The highest BCUT2D eigenvalue weighted by Gasteiger charge is 2.49. The van der Waals surface area contributed by atoms with Crippen LogP contribution in [0.5, 0.6) is 0 Å². The van der Waals surface area contributed by atoms with E-state index in [9.17, 15) is 4.79 Å². The molecule has 2 fully saturated rings. The van der Waals surface area contributed by atoms with Crippen molar-refractivity contribution in [3.05, 3.63) is 29.0 Å². The van der Waals surface area contributed by atoms with E-state index in [1.807, 2.05) is 30.2 Å². The van der Waals surface area contributed by atoms with Crippen LogP contribution in [-0.2, 0) is 4.74 Å². The molecule has 5 heteroatoms. The minimum absolute atomic E-state index is 0.167. The molecule has 4 nitrogen and oxygen atoms in total. The van der Waals surface area contributed by atoms with Crippen LogP contribution in [0.2, 0.25) is 5.15 Å². The number of halogens is 1. The second-order valence-electron chi connectivity index (χ2n) is 5.16. The molecule has 2 aliphatic heterocycles. The molecule has 0 aliphatic carbocycles. The van der Waals surface area contributed by atoms with Gasteiger partial charge in [-0.25, -0.2) is 9.78 Å². The zero-order valence-corrected chi connectivity index (χ0v) is 11.6. The second kappa shape index (κ2) is 5.00. The van der Waals surface area contributed by atoms with E-state index in [4.69, 9.17) is 16.3 Å². The third-order valence-electron chi connectivity index (χ3n) is 4.19. The highest BCUT2D eigenvalue weighted by atomic mass is 35.5. The smallest absolute Gasteiger partial charge is 0.410 e. The van der Waals surface area contributed by atoms with Crippen molar-refractivity contribution in [2.45, 2.75) is 44.2 Å². The van der Waals surface area contributed by atoms with Crippen molar-refractivity contribution in [1.29, 1.82) is 0 Å². The lowest BCUT2D eigenvalue weighted by Crippen LogP contribution is -2.36. The summed E-state index contributed by atoms with van der Waals surface area (Å²) in [7, 11) is 0. The van der Waals surface area contributed by atoms with E-state index < -0.39 is 0 Å². The Bertz CT molecular complexity index is 477. The zero-order chi connectivity index (χ0) is 13.4. The molecule has 0 spiro atoms. The molecule has 0 N–H and O–H groups in total. The molecule has 0 aromatic carbocycles. The van der Waals surface area contributed by atoms with Crippen molar-refractivity contribution in [3.8, 4) is 0 Å². The number of nitrogens with zero attached hydrogens (tertiary/aromatic N) is 2. The van der Waals surface area contributed by atoms with Gasteiger partial charge < -0.3 is 9.64 Å². The fourth-order valence-electron chi connectivity index (χ4n) is 3.44. The van der Waals surface area contributed by atoms with Gasteiger partial charge in [0.1, 0.15) is 5.15 Å². The number of fused-ring (bicyclic) bond motifs is 2. The van der Waals surface area contributed by atoms with E-state index >= 15 is 0 Å². The molecule has 2 saturated heterocycles. The Morgan fingerprint density at radius 3 is 3.05 bits per heavy atom. The van der Waals surface area contributed by atoms with E-state index in [1.165, 1.54) is 5.56 Å². The van der Waals surface area contributed by atoms with Gasteiger partial charge in [0.05, 0.1) is 6.61 Å². The number of carbonyl (C=O) groups excluding carboxylic acids is 1. The summed E-state index contributed by atoms with van der Waals surface area (Å²) in [4.78, 5) is 18.1. The zero-order valence-electron chi connectivity index (χ0n) is 10.9. The predicted molar refractivity (Wildman–Crippen MR) is 72.3 cm³/mol. The number of hydrogen-bond acceptors (Lipinski definition) is 3. The molecule has 2 bridgehead atoms. The molecule has 1 aromatic heterocycles. The Balaban J connectivity index is 1.80. The molecule has 19 heavy (non-hydrogen) atoms. The molecule has 0 unspecified atom stereocenters. The minimum atomic E-state index is -0.167. The summed E-state index contributed by atoms with van der Waals surface area (Å²) in [6, 6.07) is 4.42. The Morgan fingerprint density at radius 2 is 2.37 bits per heavy atom. The molecular formula is C14H17ClN2O2. The average molecular weight is 281 g/mol. The maximum Gasteiger partial charge on any atom is 0.410 e. The lowest BCUT2D eigenvalue weighted by atomic mass is 9.85. The number of amides is 1. The topological polar surface area (TPSA) is 42.4 Å². The van der Waals surface area contributed by atoms with Crippen molar-refractivity contribution >= 4 is 17.7 Å². The molecule has 3 rings (SSSR count). The van der Waals surface area contributed by atoms with E-state index in [0.29, 0.717) is 23.7 Å². The Morgan fingerprint density at radius 1 is 1.53 bits per heavy atom.